The van der Waals surface area contributed by atoms with Gasteiger partial charge < -0.3 is 9.57 Å². The largest absolute Gasteiger partial charge is 0.399 e. The summed E-state index contributed by atoms with van der Waals surface area (Å²) in [6.45, 7) is 1.07. The highest BCUT2D eigenvalue weighted by Crippen LogP contribution is 2.20. The molecule has 0 aliphatic carbocycles. The highest BCUT2D eigenvalue weighted by atomic mass is 32.1. The number of rotatable bonds is 7. The first-order chi connectivity index (χ1) is 13.3. The van der Waals surface area contributed by atoms with Gasteiger partial charge in [-0.15, -0.1) is 11.3 Å². The third kappa shape index (κ3) is 4.05. The highest BCUT2D eigenvalue weighted by Gasteiger charge is 2.06. The summed E-state index contributed by atoms with van der Waals surface area (Å²) >= 11 is 1.60. The smallest absolute Gasteiger partial charge is 0.118 e. The van der Waals surface area contributed by atoms with Crippen molar-refractivity contribution in [3.05, 3.63) is 76.5 Å². The molecule has 0 spiro atoms. The molecular weight excluding hydrogens is 360 g/mol. The zero-order chi connectivity index (χ0) is 18.5. The molecule has 0 N–H and O–H groups in total. The van der Waals surface area contributed by atoms with Crippen molar-refractivity contribution in [3.63, 3.8) is 0 Å². The molecule has 0 atom stereocenters. The molecule has 2 aromatic heterocycles. The zero-order valence-electron chi connectivity index (χ0n) is 14.8. The van der Waals surface area contributed by atoms with Gasteiger partial charge in [-0.25, -0.2) is 9.97 Å². The third-order valence-corrected chi connectivity index (χ3v) is 4.80. The van der Waals surface area contributed by atoms with Gasteiger partial charge in [0.2, 0.25) is 0 Å². The van der Waals surface area contributed by atoms with E-state index in [4.69, 9.17) is 9.57 Å². The molecule has 0 unspecified atom stereocenters. The number of ether oxygens (including phenoxy) is 1. The Morgan fingerprint density at radius 1 is 1.15 bits per heavy atom. The zero-order valence-corrected chi connectivity index (χ0v) is 15.6. The molecule has 7 heteroatoms. The lowest BCUT2D eigenvalue weighted by atomic mass is 10.2. The number of fused-ring (bicyclic) bond motifs is 1. The number of benzene rings is 2. The number of nitrogens with zero attached hydrogens (tertiary/aromatic N) is 4. The topological polar surface area (TPSA) is 61.5 Å². The van der Waals surface area contributed by atoms with Crippen molar-refractivity contribution in [1.82, 2.24) is 14.5 Å². The second-order valence-corrected chi connectivity index (χ2v) is 6.85. The molecule has 2 heterocycles. The molecule has 6 nitrogen and oxygen atoms in total. The van der Waals surface area contributed by atoms with Crippen LogP contribution in [0.2, 0.25) is 0 Å². The van der Waals surface area contributed by atoms with Crippen molar-refractivity contribution in [2.24, 2.45) is 5.16 Å². The molecule has 0 radical (unpaired) electrons. The predicted molar refractivity (Wildman–Crippen MR) is 106 cm³/mol. The molecule has 0 bridgehead atoms. The fourth-order valence-corrected chi connectivity index (χ4v) is 3.36. The van der Waals surface area contributed by atoms with Crippen LogP contribution >= 0.6 is 11.3 Å². The Bertz CT molecular complexity index is 1060. The maximum Gasteiger partial charge on any atom is 0.118 e. The summed E-state index contributed by atoms with van der Waals surface area (Å²) in [5.41, 5.74) is 5.03. The van der Waals surface area contributed by atoms with E-state index in [9.17, 15) is 0 Å². The first-order valence-electron chi connectivity index (χ1n) is 8.42. The van der Waals surface area contributed by atoms with E-state index < -0.39 is 0 Å². The third-order valence-electron chi connectivity index (χ3n) is 4.04. The maximum atomic E-state index is 5.77. The van der Waals surface area contributed by atoms with Crippen molar-refractivity contribution in [2.45, 2.75) is 13.2 Å². The average molecular weight is 378 g/mol. The van der Waals surface area contributed by atoms with Crippen molar-refractivity contribution in [2.75, 3.05) is 7.11 Å². The molecule has 0 amide bonds. The Hall–Kier alpha value is -3.03. The summed E-state index contributed by atoms with van der Waals surface area (Å²) in [4.78, 5) is 13.5. The van der Waals surface area contributed by atoms with Gasteiger partial charge in [0, 0.05) is 17.3 Å². The van der Waals surface area contributed by atoms with Crippen LogP contribution in [0.15, 0.2) is 65.5 Å². The highest BCUT2D eigenvalue weighted by molar-refractivity contribution is 7.09. The van der Waals surface area contributed by atoms with E-state index in [0.717, 1.165) is 32.9 Å². The maximum absolute atomic E-state index is 5.77. The van der Waals surface area contributed by atoms with Gasteiger partial charge in [-0.2, -0.15) is 0 Å². The number of oxime groups is 1. The van der Waals surface area contributed by atoms with Crippen LogP contribution in [-0.4, -0.2) is 27.9 Å². The first-order valence-corrected chi connectivity index (χ1v) is 9.30. The summed E-state index contributed by atoms with van der Waals surface area (Å²) in [5.74, 6) is 0. The Morgan fingerprint density at radius 2 is 2.11 bits per heavy atom. The minimum Gasteiger partial charge on any atom is -0.399 e. The predicted octanol–water partition coefficient (Wildman–Crippen LogP) is 4.18. The molecule has 0 fully saturated rings. The van der Waals surface area contributed by atoms with Gasteiger partial charge >= 0.3 is 0 Å². The summed E-state index contributed by atoms with van der Waals surface area (Å²) in [7, 11) is 1.53. The van der Waals surface area contributed by atoms with E-state index in [1.807, 2.05) is 36.0 Å². The lowest BCUT2D eigenvalue weighted by Crippen LogP contribution is -1.97. The Balaban J connectivity index is 1.53. The standard InChI is InChI=1S/C20H18N4O2S/c1-25-23-11-15-5-6-19-18(10-15)22-14-24(19)17-4-2-3-16(9-17)12-26-13-20-21-7-8-27-20/h2-11,14H,12-13H2,1H3/b23-11-. The van der Waals surface area contributed by atoms with Gasteiger partial charge in [-0.1, -0.05) is 23.4 Å². The number of hydrogen-bond donors (Lipinski definition) is 0. The van der Waals surface area contributed by atoms with Crippen LogP contribution < -0.4 is 0 Å². The molecule has 0 saturated carbocycles. The van der Waals surface area contributed by atoms with Crippen molar-refractivity contribution >= 4 is 28.6 Å². The lowest BCUT2D eigenvalue weighted by Gasteiger charge is -2.08. The number of hydrogen-bond acceptors (Lipinski definition) is 6. The molecule has 27 heavy (non-hydrogen) atoms. The van der Waals surface area contributed by atoms with Crippen LogP contribution in [0.1, 0.15) is 16.1 Å². The Morgan fingerprint density at radius 3 is 2.96 bits per heavy atom. The van der Waals surface area contributed by atoms with Crippen LogP contribution in [0, 0.1) is 0 Å². The lowest BCUT2D eigenvalue weighted by molar-refractivity contribution is 0.107. The van der Waals surface area contributed by atoms with Crippen LogP contribution in [0.4, 0.5) is 0 Å². The molecule has 2 aromatic carbocycles. The molecule has 0 aliphatic rings. The fraction of sp³-hybridized carbons (Fsp3) is 0.150. The Labute approximate surface area is 160 Å². The first kappa shape index (κ1) is 17.4. The average Bonchev–Trinajstić information content (AvgIpc) is 3.36. The van der Waals surface area contributed by atoms with Crippen molar-refractivity contribution in [3.8, 4) is 5.69 Å². The molecule has 0 aliphatic heterocycles. The number of thiazole rings is 1. The van der Waals surface area contributed by atoms with E-state index in [-0.39, 0.29) is 0 Å². The summed E-state index contributed by atoms with van der Waals surface area (Å²) in [5, 5.41) is 6.74. The monoisotopic (exact) mass is 378 g/mol. The van der Waals surface area contributed by atoms with Crippen LogP contribution in [-0.2, 0) is 22.8 Å². The van der Waals surface area contributed by atoms with E-state index in [0.29, 0.717) is 13.2 Å². The molecule has 136 valence electrons. The van der Waals surface area contributed by atoms with E-state index in [1.54, 1.807) is 23.7 Å². The quantitative estimate of drug-likeness (QED) is 0.358. The summed E-state index contributed by atoms with van der Waals surface area (Å²) in [6, 6.07) is 14.3. The van der Waals surface area contributed by atoms with Crippen molar-refractivity contribution < 1.29 is 9.57 Å². The SMILES string of the molecule is CO/N=C\c1ccc2c(c1)ncn2-c1cccc(COCc2nccs2)c1. The van der Waals surface area contributed by atoms with Crippen molar-refractivity contribution in [1.29, 1.82) is 0 Å². The Kier molecular flexibility index (Phi) is 5.22. The molecule has 4 aromatic rings. The van der Waals surface area contributed by atoms with Gasteiger partial charge in [0.05, 0.1) is 30.5 Å². The van der Waals surface area contributed by atoms with Gasteiger partial charge in [0.25, 0.3) is 0 Å². The van der Waals surface area contributed by atoms with E-state index in [2.05, 4.69) is 37.9 Å². The minimum absolute atomic E-state index is 0.529. The van der Waals surface area contributed by atoms with E-state index in [1.165, 1.54) is 7.11 Å². The fourth-order valence-electron chi connectivity index (χ4n) is 2.81. The molecular formula is C20H18N4O2S. The number of imidazole rings is 1. The summed E-state index contributed by atoms with van der Waals surface area (Å²) in [6.07, 6.45) is 5.29. The molecule has 4 rings (SSSR count). The van der Waals surface area contributed by atoms with Crippen LogP contribution in [0.3, 0.4) is 0 Å². The number of aromatic nitrogens is 3. The second-order valence-electron chi connectivity index (χ2n) is 5.87. The van der Waals surface area contributed by atoms with Gasteiger partial charge in [-0.05, 0) is 35.4 Å². The van der Waals surface area contributed by atoms with E-state index >= 15 is 0 Å². The second kappa shape index (κ2) is 8.11. The van der Waals surface area contributed by atoms with Gasteiger partial charge in [0.15, 0.2) is 0 Å². The normalized spacial score (nSPS) is 11.4. The van der Waals surface area contributed by atoms with Gasteiger partial charge in [-0.3, -0.25) is 4.57 Å². The molecule has 0 saturated heterocycles. The van der Waals surface area contributed by atoms with Crippen LogP contribution in [0.25, 0.3) is 16.7 Å². The van der Waals surface area contributed by atoms with Crippen LogP contribution in [0.5, 0.6) is 0 Å². The summed E-state index contributed by atoms with van der Waals surface area (Å²) < 4.78 is 7.84. The van der Waals surface area contributed by atoms with Gasteiger partial charge in [0.1, 0.15) is 18.4 Å². The minimum atomic E-state index is 0.529.